The second-order valence-electron chi connectivity index (χ2n) is 12.6. The van der Waals surface area contributed by atoms with Crippen molar-refractivity contribution in [3.05, 3.63) is 54.1 Å². The monoisotopic (exact) mass is 651 g/mol. The Bertz CT molecular complexity index is 1160. The lowest BCUT2D eigenvalue weighted by Crippen LogP contribution is -2.41. The van der Waals surface area contributed by atoms with Crippen molar-refractivity contribution >= 4 is 18.0 Å². The van der Waals surface area contributed by atoms with Gasteiger partial charge in [-0.1, -0.05) is 97.3 Å². The zero-order chi connectivity index (χ0) is 33.5. The smallest absolute Gasteiger partial charge is 0.494 e. The molecule has 0 N–H and O–H groups in total. The number of piperidine rings is 1. The van der Waals surface area contributed by atoms with E-state index in [1.807, 2.05) is 4.90 Å². The standard InChI is InChI=1S/C39H57NO7/c1-3-5-7-9-11-13-15-17-31-44-33-21-19-32(20-22-33)38(42)45-34-23-25-35(26-24-34)46-39(43)47-36-27-29-40(30-28-36)37(41)18-16-14-12-10-8-6-4-2/h19-26,36H,3-18,27-31H2,1-2H3. The Labute approximate surface area is 282 Å². The van der Waals surface area contributed by atoms with E-state index >= 15 is 0 Å². The van der Waals surface area contributed by atoms with Crippen molar-refractivity contribution in [1.82, 2.24) is 4.90 Å². The summed E-state index contributed by atoms with van der Waals surface area (Å²) < 4.78 is 22.1. The largest absolute Gasteiger partial charge is 0.514 e. The third kappa shape index (κ3) is 15.7. The first-order valence-electron chi connectivity index (χ1n) is 18.2. The van der Waals surface area contributed by atoms with Gasteiger partial charge in [-0.2, -0.15) is 0 Å². The molecule has 1 amide bonds. The highest BCUT2D eigenvalue weighted by atomic mass is 16.7. The van der Waals surface area contributed by atoms with Crippen LogP contribution in [0.1, 0.15) is 140 Å². The second-order valence-corrected chi connectivity index (χ2v) is 12.6. The average molecular weight is 652 g/mol. The maximum Gasteiger partial charge on any atom is 0.514 e. The van der Waals surface area contributed by atoms with Crippen LogP contribution in [0.3, 0.4) is 0 Å². The van der Waals surface area contributed by atoms with Crippen LogP contribution in [0, 0.1) is 0 Å². The number of nitrogens with zero attached hydrogens (tertiary/aromatic N) is 1. The van der Waals surface area contributed by atoms with Gasteiger partial charge < -0.3 is 23.8 Å². The summed E-state index contributed by atoms with van der Waals surface area (Å²) in [6, 6.07) is 13.2. The number of unbranched alkanes of at least 4 members (excludes halogenated alkanes) is 13. The van der Waals surface area contributed by atoms with E-state index in [-0.39, 0.29) is 17.8 Å². The number of esters is 1. The maximum absolute atomic E-state index is 12.6. The summed E-state index contributed by atoms with van der Waals surface area (Å²) in [5, 5.41) is 0. The molecule has 260 valence electrons. The minimum Gasteiger partial charge on any atom is -0.494 e. The number of hydrogen-bond acceptors (Lipinski definition) is 7. The molecule has 47 heavy (non-hydrogen) atoms. The summed E-state index contributed by atoms with van der Waals surface area (Å²) in [5.41, 5.74) is 0.416. The van der Waals surface area contributed by atoms with Gasteiger partial charge in [0.25, 0.3) is 0 Å². The number of rotatable bonds is 22. The number of likely N-dealkylation sites (tertiary alicyclic amines) is 1. The molecule has 1 aliphatic heterocycles. The van der Waals surface area contributed by atoms with Gasteiger partial charge in [-0.3, -0.25) is 4.79 Å². The summed E-state index contributed by atoms with van der Waals surface area (Å²) in [6.45, 7) is 6.29. The van der Waals surface area contributed by atoms with Gasteiger partial charge in [-0.05, 0) is 61.4 Å². The molecule has 1 fully saturated rings. The molecule has 0 bridgehead atoms. The van der Waals surface area contributed by atoms with Gasteiger partial charge in [0.15, 0.2) is 0 Å². The van der Waals surface area contributed by atoms with Crippen LogP contribution in [0.4, 0.5) is 4.79 Å². The Kier molecular flexibility index (Phi) is 18.5. The molecule has 3 rings (SSSR count). The van der Waals surface area contributed by atoms with Gasteiger partial charge in [0.05, 0.1) is 12.2 Å². The van der Waals surface area contributed by atoms with Crippen molar-refractivity contribution in [2.24, 2.45) is 0 Å². The van der Waals surface area contributed by atoms with Crippen molar-refractivity contribution in [2.75, 3.05) is 19.7 Å². The van der Waals surface area contributed by atoms with Gasteiger partial charge in [-0.15, -0.1) is 0 Å². The highest BCUT2D eigenvalue weighted by molar-refractivity contribution is 5.91. The Morgan fingerprint density at radius 3 is 1.68 bits per heavy atom. The van der Waals surface area contributed by atoms with E-state index in [0.29, 0.717) is 50.3 Å². The molecule has 8 heteroatoms. The Balaban J connectivity index is 1.28. The van der Waals surface area contributed by atoms with Gasteiger partial charge in [0.2, 0.25) is 5.91 Å². The zero-order valence-electron chi connectivity index (χ0n) is 28.9. The molecule has 8 nitrogen and oxygen atoms in total. The SMILES string of the molecule is CCCCCCCCCCOc1ccc(C(=O)Oc2ccc(OC(=O)OC3CCN(C(=O)CCCCCCCCC)CC3)cc2)cc1. The number of carbonyl (C=O) groups is 3. The second kappa shape index (κ2) is 22.9. The molecule has 2 aromatic rings. The minimum atomic E-state index is -0.785. The summed E-state index contributed by atoms with van der Waals surface area (Å²) in [5.74, 6) is 1.06. The summed E-state index contributed by atoms with van der Waals surface area (Å²) in [4.78, 5) is 39.4. The number of ether oxygens (including phenoxy) is 4. The van der Waals surface area contributed by atoms with E-state index in [2.05, 4.69) is 13.8 Å². The molecule has 2 aromatic carbocycles. The first kappa shape index (κ1) is 37.9. The van der Waals surface area contributed by atoms with Crippen LogP contribution >= 0.6 is 0 Å². The van der Waals surface area contributed by atoms with E-state index in [0.717, 1.165) is 25.0 Å². The molecule has 0 spiro atoms. The molecule has 1 heterocycles. The van der Waals surface area contributed by atoms with Crippen LogP contribution in [0.5, 0.6) is 17.2 Å². The highest BCUT2D eigenvalue weighted by Gasteiger charge is 2.25. The normalized spacial score (nSPS) is 13.3. The summed E-state index contributed by atoms with van der Waals surface area (Å²) in [6.07, 6.45) is 19.0. The van der Waals surface area contributed by atoms with Crippen LogP contribution in [0.15, 0.2) is 48.5 Å². The van der Waals surface area contributed by atoms with Gasteiger partial charge in [0.1, 0.15) is 23.4 Å². The quantitative estimate of drug-likeness (QED) is 0.0541. The molecule has 0 aromatic heterocycles. The molecule has 0 unspecified atom stereocenters. The number of benzene rings is 2. The van der Waals surface area contributed by atoms with Gasteiger partial charge in [0, 0.05) is 32.4 Å². The molecule has 1 saturated heterocycles. The predicted octanol–water partition coefficient (Wildman–Crippen LogP) is 10.1. The fourth-order valence-corrected chi connectivity index (χ4v) is 5.73. The maximum atomic E-state index is 12.6. The third-order valence-corrected chi connectivity index (χ3v) is 8.64. The Hall–Kier alpha value is -3.55. The van der Waals surface area contributed by atoms with Crippen LogP contribution in [-0.4, -0.2) is 48.7 Å². The summed E-state index contributed by atoms with van der Waals surface area (Å²) >= 11 is 0. The lowest BCUT2D eigenvalue weighted by Gasteiger charge is -2.31. The molecular weight excluding hydrogens is 594 g/mol. The zero-order valence-corrected chi connectivity index (χ0v) is 28.9. The minimum absolute atomic E-state index is 0.191. The lowest BCUT2D eigenvalue weighted by atomic mass is 10.1. The molecule has 0 saturated carbocycles. The van der Waals surface area contributed by atoms with E-state index < -0.39 is 12.1 Å². The molecule has 0 aliphatic carbocycles. The fourth-order valence-electron chi connectivity index (χ4n) is 5.73. The van der Waals surface area contributed by atoms with E-state index in [1.54, 1.807) is 48.5 Å². The molecule has 0 radical (unpaired) electrons. The number of amides is 1. The highest BCUT2D eigenvalue weighted by Crippen LogP contribution is 2.22. The van der Waals surface area contributed by atoms with E-state index in [9.17, 15) is 14.4 Å². The number of hydrogen-bond donors (Lipinski definition) is 0. The van der Waals surface area contributed by atoms with Crippen LogP contribution in [0.2, 0.25) is 0 Å². The first-order valence-corrected chi connectivity index (χ1v) is 18.2. The Morgan fingerprint density at radius 1 is 0.617 bits per heavy atom. The van der Waals surface area contributed by atoms with Crippen LogP contribution in [-0.2, 0) is 9.53 Å². The predicted molar refractivity (Wildman–Crippen MR) is 185 cm³/mol. The molecule has 1 aliphatic rings. The van der Waals surface area contributed by atoms with Crippen molar-refractivity contribution in [2.45, 2.75) is 136 Å². The lowest BCUT2D eigenvalue weighted by molar-refractivity contribution is -0.133. The van der Waals surface area contributed by atoms with E-state index in [4.69, 9.17) is 18.9 Å². The van der Waals surface area contributed by atoms with Crippen molar-refractivity contribution < 1.29 is 33.3 Å². The van der Waals surface area contributed by atoms with Gasteiger partial charge >= 0.3 is 12.1 Å². The average Bonchev–Trinajstić information content (AvgIpc) is 3.08. The Morgan fingerprint density at radius 2 is 1.11 bits per heavy atom. The van der Waals surface area contributed by atoms with Crippen LogP contribution < -0.4 is 14.2 Å². The van der Waals surface area contributed by atoms with Crippen molar-refractivity contribution in [3.63, 3.8) is 0 Å². The van der Waals surface area contributed by atoms with E-state index in [1.165, 1.54) is 77.0 Å². The van der Waals surface area contributed by atoms with Crippen molar-refractivity contribution in [1.29, 1.82) is 0 Å². The number of carbonyl (C=O) groups excluding carboxylic acids is 3. The summed E-state index contributed by atoms with van der Waals surface area (Å²) in [7, 11) is 0. The fraction of sp³-hybridized carbons (Fsp3) is 0.615. The molecule has 0 atom stereocenters. The third-order valence-electron chi connectivity index (χ3n) is 8.64. The van der Waals surface area contributed by atoms with Crippen molar-refractivity contribution in [3.8, 4) is 17.2 Å². The topological polar surface area (TPSA) is 91.4 Å². The van der Waals surface area contributed by atoms with Crippen LogP contribution in [0.25, 0.3) is 0 Å². The molecular formula is C39H57NO7. The van der Waals surface area contributed by atoms with Gasteiger partial charge in [-0.25, -0.2) is 9.59 Å². The first-order chi connectivity index (χ1) is 23.0.